The van der Waals surface area contributed by atoms with E-state index in [1.165, 1.54) is 0 Å². The smallest absolute Gasteiger partial charge is 0.134 e. The number of aromatic nitrogens is 2. The number of benzene rings is 1. The Hall–Kier alpha value is -2.34. The van der Waals surface area contributed by atoms with Crippen LogP contribution in [-0.4, -0.2) is 40.9 Å². The van der Waals surface area contributed by atoms with Crippen LogP contribution in [0.3, 0.4) is 0 Å². The van der Waals surface area contributed by atoms with E-state index in [0.717, 1.165) is 48.8 Å². The van der Waals surface area contributed by atoms with Crippen molar-refractivity contribution in [1.82, 2.24) is 9.97 Å². The van der Waals surface area contributed by atoms with E-state index >= 15 is 0 Å². The quantitative estimate of drug-likeness (QED) is 0.806. The number of piperidine rings is 1. The summed E-state index contributed by atoms with van der Waals surface area (Å²) >= 11 is 0. The number of para-hydroxylation sites is 1. The van der Waals surface area contributed by atoms with Crippen LogP contribution in [0.2, 0.25) is 0 Å². The van der Waals surface area contributed by atoms with Crippen molar-refractivity contribution in [2.75, 3.05) is 30.0 Å². The normalized spacial score (nSPS) is 17.4. The van der Waals surface area contributed by atoms with Gasteiger partial charge in [-0.15, -0.1) is 0 Å². The van der Waals surface area contributed by atoms with Crippen molar-refractivity contribution < 1.29 is 9.84 Å². The summed E-state index contributed by atoms with van der Waals surface area (Å²) in [6.07, 6.45) is 4.87. The zero-order valence-corrected chi connectivity index (χ0v) is 14.7. The highest BCUT2D eigenvalue weighted by molar-refractivity contribution is 5.50. The summed E-state index contributed by atoms with van der Waals surface area (Å²) in [4.78, 5) is 10.9. The van der Waals surface area contributed by atoms with E-state index in [-0.39, 0.29) is 12.6 Å². The van der Waals surface area contributed by atoms with Gasteiger partial charge in [0.25, 0.3) is 0 Å². The number of aliphatic hydroxyl groups is 1. The summed E-state index contributed by atoms with van der Waals surface area (Å²) < 4.78 is 5.66. The molecule has 0 amide bonds. The minimum Gasteiger partial charge on any atom is -0.494 e. The molecule has 25 heavy (non-hydrogen) atoms. The van der Waals surface area contributed by atoms with E-state index in [4.69, 9.17) is 4.74 Å². The average molecular weight is 342 g/mol. The molecule has 1 aromatic carbocycles. The van der Waals surface area contributed by atoms with Gasteiger partial charge in [-0.3, -0.25) is 0 Å². The van der Waals surface area contributed by atoms with Gasteiger partial charge in [0, 0.05) is 24.7 Å². The zero-order valence-electron chi connectivity index (χ0n) is 14.7. The summed E-state index contributed by atoms with van der Waals surface area (Å²) in [6, 6.07) is 10.1. The van der Waals surface area contributed by atoms with Crippen molar-refractivity contribution in [3.63, 3.8) is 0 Å². The monoisotopic (exact) mass is 342 g/mol. The first-order valence-electron chi connectivity index (χ1n) is 8.96. The standard InChI is InChI=1S/C19H26N4O2/c1-2-25-17-9-4-3-7-15(17)12-20-18-11-19(22-14-21-18)23-10-6-5-8-16(23)13-24/h3-4,7,9,11,14,16,24H,2,5-6,8,10,12-13H2,1H3,(H,20,21,22). The van der Waals surface area contributed by atoms with Crippen molar-refractivity contribution in [3.05, 3.63) is 42.2 Å². The Morgan fingerprint density at radius 1 is 1.28 bits per heavy atom. The SMILES string of the molecule is CCOc1ccccc1CNc1cc(N2CCCCC2CO)ncn1. The lowest BCUT2D eigenvalue weighted by Gasteiger charge is -2.35. The largest absolute Gasteiger partial charge is 0.494 e. The minimum atomic E-state index is 0.148. The maximum Gasteiger partial charge on any atom is 0.134 e. The molecule has 0 bridgehead atoms. The van der Waals surface area contributed by atoms with Gasteiger partial charge in [-0.2, -0.15) is 0 Å². The van der Waals surface area contributed by atoms with Gasteiger partial charge >= 0.3 is 0 Å². The van der Waals surface area contributed by atoms with Gasteiger partial charge in [0.2, 0.25) is 0 Å². The molecule has 1 aliphatic heterocycles. The molecule has 6 nitrogen and oxygen atoms in total. The third-order valence-electron chi connectivity index (χ3n) is 4.52. The molecule has 2 N–H and O–H groups in total. The molecule has 0 spiro atoms. The van der Waals surface area contributed by atoms with Crippen molar-refractivity contribution in [3.8, 4) is 5.75 Å². The van der Waals surface area contributed by atoms with Crippen LogP contribution < -0.4 is 15.0 Å². The van der Waals surface area contributed by atoms with Gasteiger partial charge in [-0.1, -0.05) is 18.2 Å². The number of ether oxygens (including phenoxy) is 1. The number of nitrogens with one attached hydrogen (secondary N) is 1. The van der Waals surface area contributed by atoms with Gasteiger partial charge in [0.05, 0.1) is 19.3 Å². The summed E-state index contributed by atoms with van der Waals surface area (Å²) in [7, 11) is 0. The van der Waals surface area contributed by atoms with Crippen LogP contribution in [0.25, 0.3) is 0 Å². The predicted molar refractivity (Wildman–Crippen MR) is 99.0 cm³/mol. The number of anilines is 2. The van der Waals surface area contributed by atoms with Gasteiger partial charge in [-0.25, -0.2) is 9.97 Å². The van der Waals surface area contributed by atoms with Crippen molar-refractivity contribution in [2.45, 2.75) is 38.8 Å². The Kier molecular flexibility index (Phi) is 6.06. The summed E-state index contributed by atoms with van der Waals surface area (Å²) in [6.45, 7) is 4.35. The Morgan fingerprint density at radius 3 is 3.00 bits per heavy atom. The first-order valence-corrected chi connectivity index (χ1v) is 8.96. The highest BCUT2D eigenvalue weighted by atomic mass is 16.5. The number of rotatable bonds is 7. The Bertz CT molecular complexity index is 680. The maximum absolute atomic E-state index is 9.61. The fourth-order valence-corrected chi connectivity index (χ4v) is 3.22. The second kappa shape index (κ2) is 8.67. The van der Waals surface area contributed by atoms with Gasteiger partial charge in [0.1, 0.15) is 23.7 Å². The van der Waals surface area contributed by atoms with Crippen LogP contribution in [0.5, 0.6) is 5.75 Å². The first kappa shape index (κ1) is 17.5. The van der Waals surface area contributed by atoms with Gasteiger partial charge in [-0.05, 0) is 32.3 Å². The first-order chi connectivity index (χ1) is 12.3. The molecule has 1 aromatic heterocycles. The zero-order chi connectivity index (χ0) is 17.5. The topological polar surface area (TPSA) is 70.5 Å². The summed E-state index contributed by atoms with van der Waals surface area (Å²) in [5, 5.41) is 13.0. The highest BCUT2D eigenvalue weighted by Crippen LogP contribution is 2.25. The molecule has 6 heteroatoms. The van der Waals surface area contributed by atoms with Crippen molar-refractivity contribution in [2.24, 2.45) is 0 Å². The van der Waals surface area contributed by atoms with Crippen LogP contribution in [0, 0.1) is 0 Å². The Morgan fingerprint density at radius 2 is 2.16 bits per heavy atom. The molecule has 1 unspecified atom stereocenters. The second-order valence-electron chi connectivity index (χ2n) is 6.18. The molecule has 0 aliphatic carbocycles. The highest BCUT2D eigenvalue weighted by Gasteiger charge is 2.23. The molecule has 2 aromatic rings. The molecule has 1 fully saturated rings. The molecule has 134 valence electrons. The average Bonchev–Trinajstić information content (AvgIpc) is 2.68. The molecule has 0 saturated carbocycles. The van der Waals surface area contributed by atoms with E-state index in [9.17, 15) is 5.11 Å². The summed E-state index contributed by atoms with van der Waals surface area (Å²) in [5.41, 5.74) is 1.09. The molecule has 1 atom stereocenters. The van der Waals surface area contributed by atoms with Gasteiger partial charge < -0.3 is 20.1 Å². The fourth-order valence-electron chi connectivity index (χ4n) is 3.22. The van der Waals surface area contributed by atoms with E-state index in [1.807, 2.05) is 37.3 Å². The number of hydrogen-bond acceptors (Lipinski definition) is 6. The molecule has 2 heterocycles. The molecular weight excluding hydrogens is 316 g/mol. The van der Waals surface area contributed by atoms with Crippen LogP contribution in [0.4, 0.5) is 11.6 Å². The van der Waals surface area contributed by atoms with Crippen LogP contribution >= 0.6 is 0 Å². The maximum atomic E-state index is 9.61. The van der Waals surface area contributed by atoms with Crippen LogP contribution in [0.1, 0.15) is 31.7 Å². The van der Waals surface area contributed by atoms with Crippen molar-refractivity contribution >= 4 is 11.6 Å². The Labute approximate surface area is 148 Å². The van der Waals surface area contributed by atoms with Crippen LogP contribution in [-0.2, 0) is 6.54 Å². The lowest BCUT2D eigenvalue weighted by atomic mass is 10.0. The number of nitrogens with zero attached hydrogens (tertiary/aromatic N) is 3. The van der Waals surface area contributed by atoms with E-state index < -0.39 is 0 Å². The third-order valence-corrected chi connectivity index (χ3v) is 4.52. The lowest BCUT2D eigenvalue weighted by molar-refractivity contribution is 0.239. The van der Waals surface area contributed by atoms with Crippen LogP contribution in [0.15, 0.2) is 36.7 Å². The Balaban J connectivity index is 1.70. The predicted octanol–water partition coefficient (Wildman–Crippen LogP) is 2.84. The fraction of sp³-hybridized carbons (Fsp3) is 0.474. The molecular formula is C19H26N4O2. The van der Waals surface area contributed by atoms with E-state index in [0.29, 0.717) is 13.2 Å². The lowest BCUT2D eigenvalue weighted by Crippen LogP contribution is -2.42. The minimum absolute atomic E-state index is 0.148. The van der Waals surface area contributed by atoms with E-state index in [1.54, 1.807) is 6.33 Å². The second-order valence-corrected chi connectivity index (χ2v) is 6.18. The summed E-state index contributed by atoms with van der Waals surface area (Å²) in [5.74, 6) is 2.54. The number of hydrogen-bond donors (Lipinski definition) is 2. The third kappa shape index (κ3) is 4.39. The molecule has 0 radical (unpaired) electrons. The van der Waals surface area contributed by atoms with E-state index in [2.05, 4.69) is 20.2 Å². The molecule has 3 rings (SSSR count). The molecule has 1 saturated heterocycles. The molecule has 1 aliphatic rings. The number of aliphatic hydroxyl groups excluding tert-OH is 1. The van der Waals surface area contributed by atoms with Gasteiger partial charge in [0.15, 0.2) is 0 Å². The van der Waals surface area contributed by atoms with Crippen molar-refractivity contribution in [1.29, 1.82) is 0 Å².